The largest absolute Gasteiger partial charge is 0.504 e. The minimum Gasteiger partial charge on any atom is -0.504 e. The van der Waals surface area contributed by atoms with Crippen molar-refractivity contribution in [3.05, 3.63) is 73.9 Å². The van der Waals surface area contributed by atoms with E-state index in [1.165, 1.54) is 22.3 Å². The average molecular weight is 711 g/mol. The van der Waals surface area contributed by atoms with E-state index >= 15 is 0 Å². The number of allylic oxidation sites excluding steroid dienone is 2. The highest BCUT2D eigenvalue weighted by Crippen LogP contribution is 2.51. The number of carbonyl (C=O) groups excluding carboxylic acids is 2. The first kappa shape index (κ1) is 31.3. The molecule has 6 rings (SSSR count). The first-order valence-electron chi connectivity index (χ1n) is 16.0. The zero-order chi connectivity index (χ0) is 31.0. The molecule has 44 heavy (non-hydrogen) atoms. The average Bonchev–Trinajstić information content (AvgIpc) is 3.56. The normalized spacial score (nSPS) is 26.4. The number of fused-ring (bicyclic) bond motifs is 3. The van der Waals surface area contributed by atoms with E-state index in [4.69, 9.17) is 9.47 Å². The Morgan fingerprint density at radius 2 is 1.86 bits per heavy atom. The van der Waals surface area contributed by atoms with Crippen LogP contribution < -0.4 is 4.74 Å². The van der Waals surface area contributed by atoms with Gasteiger partial charge in [0.2, 0.25) is 11.8 Å². The Kier molecular flexibility index (Phi) is 9.50. The van der Waals surface area contributed by atoms with E-state index in [1.54, 1.807) is 12.0 Å². The summed E-state index contributed by atoms with van der Waals surface area (Å²) in [5.74, 6) is 0.182. The van der Waals surface area contributed by atoms with Gasteiger partial charge < -0.3 is 14.6 Å². The molecular weight excluding hydrogens is 667 g/mol. The molecule has 234 valence electrons. The van der Waals surface area contributed by atoms with Crippen LogP contribution in [0.15, 0.2) is 59.2 Å². The monoisotopic (exact) mass is 710 g/mol. The third-order valence-corrected chi connectivity index (χ3v) is 10.9. The summed E-state index contributed by atoms with van der Waals surface area (Å²) in [6.45, 7) is 7.50. The van der Waals surface area contributed by atoms with Gasteiger partial charge in [-0.2, -0.15) is 0 Å². The van der Waals surface area contributed by atoms with Crippen LogP contribution in [0.4, 0.5) is 0 Å². The number of hydrogen-bond acceptors (Lipinski definition) is 6. The first-order chi connectivity index (χ1) is 21.3. The maximum Gasteiger partial charge on any atom is 0.234 e. The third-order valence-electron chi connectivity index (χ3n) is 10.1. The Balaban J connectivity index is 1.11. The van der Waals surface area contributed by atoms with Crippen LogP contribution in [0.3, 0.4) is 0 Å². The van der Waals surface area contributed by atoms with Gasteiger partial charge in [0.05, 0.1) is 35.2 Å². The summed E-state index contributed by atoms with van der Waals surface area (Å²) in [4.78, 5) is 32.0. The predicted molar refractivity (Wildman–Crippen MR) is 179 cm³/mol. The van der Waals surface area contributed by atoms with Crippen molar-refractivity contribution in [1.29, 1.82) is 0 Å². The van der Waals surface area contributed by atoms with Crippen molar-refractivity contribution in [1.82, 2.24) is 9.80 Å². The van der Waals surface area contributed by atoms with E-state index in [9.17, 15) is 14.7 Å². The highest BCUT2D eigenvalue weighted by Gasteiger charge is 2.58. The van der Waals surface area contributed by atoms with Crippen LogP contribution >= 0.6 is 22.6 Å². The molecule has 4 atom stereocenters. The molecule has 2 aromatic carbocycles. The lowest BCUT2D eigenvalue weighted by atomic mass is 9.69. The van der Waals surface area contributed by atoms with Crippen molar-refractivity contribution in [2.45, 2.75) is 71.1 Å². The topological polar surface area (TPSA) is 79.3 Å². The highest BCUT2D eigenvalue weighted by molar-refractivity contribution is 14.1. The number of hydrogen-bond donors (Lipinski definition) is 1. The second kappa shape index (κ2) is 13.3. The molecule has 8 heteroatoms. The molecule has 0 saturated carbocycles. The summed E-state index contributed by atoms with van der Waals surface area (Å²) in [6.07, 6.45) is 7.05. The summed E-state index contributed by atoms with van der Waals surface area (Å²) in [6, 6.07) is 14.3. The van der Waals surface area contributed by atoms with Crippen molar-refractivity contribution < 1.29 is 24.2 Å². The fourth-order valence-electron chi connectivity index (χ4n) is 7.92. The zero-order valence-electron chi connectivity index (χ0n) is 25.9. The Morgan fingerprint density at radius 3 is 2.57 bits per heavy atom. The lowest BCUT2D eigenvalue weighted by Crippen LogP contribution is -2.47. The van der Waals surface area contributed by atoms with E-state index < -0.39 is 0 Å². The number of piperidine rings is 1. The van der Waals surface area contributed by atoms with E-state index in [2.05, 4.69) is 71.7 Å². The molecule has 3 aliphatic heterocycles. The summed E-state index contributed by atoms with van der Waals surface area (Å²) < 4.78 is 12.5. The van der Waals surface area contributed by atoms with Crippen molar-refractivity contribution >= 4 is 40.5 Å². The standard InChI is InChI=1S/C36H43IN2O5/c1-4-25-19-27-33(36(42)39(35(27)41)26-12-14-38(15-13-26)20-23-8-6-5-7-9-23)28-21-44-30(32(25)28)11-10-22(2)16-24-17-29(37)34(40)31(18-24)43-3/h5-9,16-18,26-28,30,33,40H,4,10-15,19-21H2,1-3H3/b22-16+/t27-,28+,30-,33-/m1/s1. The van der Waals surface area contributed by atoms with E-state index in [-0.39, 0.29) is 47.5 Å². The second-order valence-electron chi connectivity index (χ2n) is 12.8. The number of likely N-dealkylation sites (tertiary alicyclic amines) is 2. The fraction of sp³-hybridized carbons (Fsp3) is 0.500. The number of nitrogens with zero attached hydrogens (tertiary/aromatic N) is 2. The van der Waals surface area contributed by atoms with Crippen LogP contribution in [0.5, 0.6) is 11.5 Å². The number of phenols is 1. The van der Waals surface area contributed by atoms with Crippen molar-refractivity contribution in [2.24, 2.45) is 17.8 Å². The molecule has 1 aliphatic carbocycles. The minimum atomic E-state index is -0.289. The number of rotatable bonds is 9. The summed E-state index contributed by atoms with van der Waals surface area (Å²) in [5.41, 5.74) is 6.11. The highest BCUT2D eigenvalue weighted by atomic mass is 127. The summed E-state index contributed by atoms with van der Waals surface area (Å²) >= 11 is 2.12. The van der Waals surface area contributed by atoms with Crippen LogP contribution in [-0.2, 0) is 20.9 Å². The molecule has 2 amide bonds. The number of halogens is 1. The maximum absolute atomic E-state index is 14.0. The summed E-state index contributed by atoms with van der Waals surface area (Å²) in [7, 11) is 1.56. The van der Waals surface area contributed by atoms with Crippen LogP contribution in [0.2, 0.25) is 0 Å². The smallest absolute Gasteiger partial charge is 0.234 e. The van der Waals surface area contributed by atoms with Gasteiger partial charge in [0, 0.05) is 31.6 Å². The van der Waals surface area contributed by atoms with Crippen molar-refractivity contribution in [3.8, 4) is 11.5 Å². The van der Waals surface area contributed by atoms with Crippen molar-refractivity contribution in [3.63, 3.8) is 0 Å². The van der Waals surface area contributed by atoms with Gasteiger partial charge in [0.25, 0.3) is 0 Å². The van der Waals surface area contributed by atoms with Gasteiger partial charge in [0.15, 0.2) is 11.5 Å². The molecule has 3 heterocycles. The molecule has 1 N–H and O–H groups in total. The number of phenolic OH excluding ortho intramolecular Hbond substituents is 1. The molecule has 3 saturated heterocycles. The van der Waals surface area contributed by atoms with Crippen molar-refractivity contribution in [2.75, 3.05) is 26.8 Å². The molecular formula is C36H43IN2O5. The second-order valence-corrected chi connectivity index (χ2v) is 14.0. The van der Waals surface area contributed by atoms with Gasteiger partial charge in [-0.15, -0.1) is 0 Å². The third kappa shape index (κ3) is 6.09. The molecule has 0 bridgehead atoms. The molecule has 0 aromatic heterocycles. The Hall–Kier alpha value is -2.69. The number of benzene rings is 2. The van der Waals surface area contributed by atoms with E-state index in [0.717, 1.165) is 60.9 Å². The zero-order valence-corrected chi connectivity index (χ0v) is 28.1. The Bertz CT molecular complexity index is 1460. The lowest BCUT2D eigenvalue weighted by molar-refractivity contribution is -0.144. The molecule has 3 fully saturated rings. The number of ether oxygens (including phenoxy) is 2. The molecule has 2 aromatic rings. The number of aromatic hydroxyl groups is 1. The molecule has 0 radical (unpaired) electrons. The Labute approximate surface area is 274 Å². The van der Waals surface area contributed by atoms with Gasteiger partial charge in [-0.1, -0.05) is 54.5 Å². The summed E-state index contributed by atoms with van der Waals surface area (Å²) in [5, 5.41) is 10.2. The predicted octanol–water partition coefficient (Wildman–Crippen LogP) is 6.58. The van der Waals surface area contributed by atoms with Gasteiger partial charge in [-0.3, -0.25) is 19.4 Å². The first-order valence-corrected chi connectivity index (χ1v) is 17.1. The SMILES string of the molecule is CCC1=C2[C@@H](CC/C(C)=C/c3cc(I)c(O)c(OC)c3)OC[C@@H]2[C@@H]2C(=O)N(C3CCN(Cc4ccccc4)CC3)C(=O)[C@@H]2C1. The van der Waals surface area contributed by atoms with E-state index in [1.807, 2.05) is 18.2 Å². The molecule has 0 unspecified atom stereocenters. The number of imide groups is 1. The number of methoxy groups -OCH3 is 1. The van der Waals surface area contributed by atoms with E-state index in [0.29, 0.717) is 18.8 Å². The van der Waals surface area contributed by atoms with Gasteiger partial charge in [0.1, 0.15) is 0 Å². The van der Waals surface area contributed by atoms with Crippen LogP contribution in [0, 0.1) is 21.3 Å². The quantitative estimate of drug-likeness (QED) is 0.180. The lowest BCUT2D eigenvalue weighted by Gasteiger charge is -2.36. The maximum atomic E-state index is 14.0. The Morgan fingerprint density at radius 1 is 1.11 bits per heavy atom. The number of carbonyl (C=O) groups is 2. The van der Waals surface area contributed by atoms with Gasteiger partial charge >= 0.3 is 0 Å². The van der Waals surface area contributed by atoms with Crippen LogP contribution in [-0.4, -0.2) is 65.7 Å². The van der Waals surface area contributed by atoms with Crippen LogP contribution in [0.1, 0.15) is 63.5 Å². The molecule has 0 spiro atoms. The van der Waals surface area contributed by atoms with Gasteiger partial charge in [-0.05, 0) is 96.9 Å². The molecule has 7 nitrogen and oxygen atoms in total. The molecule has 4 aliphatic rings. The minimum absolute atomic E-state index is 0.000503. The number of amides is 2. The fourth-order valence-corrected chi connectivity index (χ4v) is 8.55. The van der Waals surface area contributed by atoms with Crippen LogP contribution in [0.25, 0.3) is 6.08 Å². The van der Waals surface area contributed by atoms with Gasteiger partial charge in [-0.25, -0.2) is 0 Å².